The van der Waals surface area contributed by atoms with Crippen LogP contribution in [-0.2, 0) is 23.6 Å². The number of rotatable bonds is 3. The van der Waals surface area contributed by atoms with Crippen LogP contribution in [-0.4, -0.2) is 19.0 Å². The third kappa shape index (κ3) is 2.27. The Morgan fingerprint density at radius 1 is 1.50 bits per heavy atom. The zero-order chi connectivity index (χ0) is 11.5. The molecular formula is C10H12N4OS. The largest absolute Gasteiger partial charge is 0.399 e. The van der Waals surface area contributed by atoms with Gasteiger partial charge in [0.2, 0.25) is 0 Å². The van der Waals surface area contributed by atoms with Crippen molar-refractivity contribution in [1.82, 2.24) is 14.8 Å². The van der Waals surface area contributed by atoms with Gasteiger partial charge in [0, 0.05) is 17.6 Å². The summed E-state index contributed by atoms with van der Waals surface area (Å²) in [5.41, 5.74) is 6.25. The van der Waals surface area contributed by atoms with Crippen LogP contribution in [0.25, 0.3) is 0 Å². The molecule has 0 fully saturated rings. The number of aryl methyl sites for hydroxylation is 1. The van der Waals surface area contributed by atoms with Gasteiger partial charge in [-0.15, -0.1) is 0 Å². The molecule has 16 heavy (non-hydrogen) atoms. The molecule has 2 rings (SSSR count). The molecule has 0 amide bonds. The fourth-order valence-electron chi connectivity index (χ4n) is 1.31. The van der Waals surface area contributed by atoms with Crippen LogP contribution in [0.5, 0.6) is 0 Å². The molecule has 2 aromatic rings. The van der Waals surface area contributed by atoms with Crippen molar-refractivity contribution in [2.24, 2.45) is 7.05 Å². The third-order valence-corrected chi connectivity index (χ3v) is 3.49. The first-order valence-corrected chi connectivity index (χ1v) is 6.05. The Morgan fingerprint density at radius 3 is 2.94 bits per heavy atom. The molecule has 5 nitrogen and oxygen atoms in total. The van der Waals surface area contributed by atoms with Crippen LogP contribution in [0.2, 0.25) is 0 Å². The van der Waals surface area contributed by atoms with Crippen molar-refractivity contribution in [3.63, 3.8) is 0 Å². The molecule has 0 saturated carbocycles. The first-order chi connectivity index (χ1) is 7.66. The standard InChI is InChI=1S/C10H12N4OS/c1-14-10(12-7-13-14)6-16(15)9-4-2-3-8(11)5-9/h2-5,7H,6,11H2,1H3. The van der Waals surface area contributed by atoms with E-state index in [4.69, 9.17) is 5.73 Å². The molecule has 0 bridgehead atoms. The summed E-state index contributed by atoms with van der Waals surface area (Å²) in [6, 6.07) is 7.07. The van der Waals surface area contributed by atoms with Crippen LogP contribution in [0, 0.1) is 0 Å². The maximum Gasteiger partial charge on any atom is 0.139 e. The van der Waals surface area contributed by atoms with Gasteiger partial charge in [0.15, 0.2) is 0 Å². The van der Waals surface area contributed by atoms with Gasteiger partial charge in [-0.1, -0.05) is 6.07 Å². The van der Waals surface area contributed by atoms with E-state index in [-0.39, 0.29) is 0 Å². The Balaban J connectivity index is 2.18. The van der Waals surface area contributed by atoms with Gasteiger partial charge < -0.3 is 5.73 Å². The molecule has 1 aromatic heterocycles. The van der Waals surface area contributed by atoms with Crippen LogP contribution < -0.4 is 5.73 Å². The summed E-state index contributed by atoms with van der Waals surface area (Å²) in [5.74, 6) is 1.04. The molecule has 0 spiro atoms. The molecule has 0 aliphatic heterocycles. The van der Waals surface area contributed by atoms with Gasteiger partial charge in [0.25, 0.3) is 0 Å². The SMILES string of the molecule is Cn1ncnc1CS(=O)c1cccc(N)c1. The van der Waals surface area contributed by atoms with Crippen LogP contribution in [0.1, 0.15) is 5.82 Å². The molecular weight excluding hydrogens is 224 g/mol. The molecule has 2 N–H and O–H groups in total. The van der Waals surface area contributed by atoms with Crippen molar-refractivity contribution in [2.75, 3.05) is 5.73 Å². The summed E-state index contributed by atoms with van der Waals surface area (Å²) >= 11 is 0. The number of nitrogens with zero attached hydrogens (tertiary/aromatic N) is 3. The highest BCUT2D eigenvalue weighted by molar-refractivity contribution is 7.84. The molecule has 1 heterocycles. The minimum Gasteiger partial charge on any atom is -0.399 e. The Hall–Kier alpha value is -1.69. The minimum atomic E-state index is -1.14. The number of nitrogen functional groups attached to an aromatic ring is 1. The average Bonchev–Trinajstić information content (AvgIpc) is 2.64. The molecule has 1 aromatic carbocycles. The van der Waals surface area contributed by atoms with Gasteiger partial charge in [0.1, 0.15) is 12.2 Å². The van der Waals surface area contributed by atoms with Gasteiger partial charge in [-0.3, -0.25) is 8.89 Å². The highest BCUT2D eigenvalue weighted by Crippen LogP contribution is 2.13. The van der Waals surface area contributed by atoms with E-state index in [2.05, 4.69) is 10.1 Å². The van der Waals surface area contributed by atoms with Crippen molar-refractivity contribution in [3.05, 3.63) is 36.4 Å². The fraction of sp³-hybridized carbons (Fsp3) is 0.200. The molecule has 84 valence electrons. The van der Waals surface area contributed by atoms with Crippen LogP contribution in [0.4, 0.5) is 5.69 Å². The summed E-state index contributed by atoms with van der Waals surface area (Å²) in [7, 11) is 0.640. The molecule has 0 saturated heterocycles. The van der Waals surface area contributed by atoms with Crippen molar-refractivity contribution in [1.29, 1.82) is 0 Å². The molecule has 0 aliphatic rings. The van der Waals surface area contributed by atoms with Crippen molar-refractivity contribution in [3.8, 4) is 0 Å². The quantitative estimate of drug-likeness (QED) is 0.796. The summed E-state index contributed by atoms with van der Waals surface area (Å²) < 4.78 is 13.6. The molecule has 0 aliphatic carbocycles. The predicted molar refractivity (Wildman–Crippen MR) is 62.0 cm³/mol. The highest BCUT2D eigenvalue weighted by atomic mass is 32.2. The molecule has 1 unspecified atom stereocenters. The topological polar surface area (TPSA) is 73.8 Å². The maximum absolute atomic E-state index is 12.0. The van der Waals surface area contributed by atoms with Crippen LogP contribution in [0.15, 0.2) is 35.5 Å². The van der Waals surface area contributed by atoms with Gasteiger partial charge >= 0.3 is 0 Å². The number of hydrogen-bond acceptors (Lipinski definition) is 4. The van der Waals surface area contributed by atoms with Crippen molar-refractivity contribution in [2.45, 2.75) is 10.6 Å². The Kier molecular flexibility index (Phi) is 3.00. The zero-order valence-electron chi connectivity index (χ0n) is 8.83. The van der Waals surface area contributed by atoms with Gasteiger partial charge in [0.05, 0.1) is 16.6 Å². The first-order valence-electron chi connectivity index (χ1n) is 4.73. The lowest BCUT2D eigenvalue weighted by molar-refractivity contribution is 0.675. The van der Waals surface area contributed by atoms with E-state index < -0.39 is 10.8 Å². The Labute approximate surface area is 95.8 Å². The molecule has 0 radical (unpaired) electrons. The minimum absolute atomic E-state index is 0.347. The van der Waals surface area contributed by atoms with Crippen molar-refractivity contribution >= 4 is 16.5 Å². The van der Waals surface area contributed by atoms with Crippen molar-refractivity contribution < 1.29 is 4.21 Å². The lowest BCUT2D eigenvalue weighted by atomic mass is 10.3. The maximum atomic E-state index is 12.0. The van der Waals surface area contributed by atoms with Crippen LogP contribution >= 0.6 is 0 Å². The number of hydrogen-bond donors (Lipinski definition) is 1. The number of nitrogens with two attached hydrogens (primary N) is 1. The van der Waals surface area contributed by atoms with Gasteiger partial charge in [-0.2, -0.15) is 5.10 Å². The predicted octanol–water partition coefficient (Wildman–Crippen LogP) is 0.705. The smallest absolute Gasteiger partial charge is 0.139 e. The lowest BCUT2D eigenvalue weighted by Gasteiger charge is -2.02. The van der Waals surface area contributed by atoms with Gasteiger partial charge in [-0.25, -0.2) is 4.98 Å². The van der Waals surface area contributed by atoms with Crippen LogP contribution in [0.3, 0.4) is 0 Å². The monoisotopic (exact) mass is 236 g/mol. The number of benzene rings is 1. The normalized spacial score (nSPS) is 12.6. The zero-order valence-corrected chi connectivity index (χ0v) is 9.65. The van der Waals surface area contributed by atoms with E-state index in [1.54, 1.807) is 36.0 Å². The van der Waals surface area contributed by atoms with Gasteiger partial charge in [-0.05, 0) is 18.2 Å². The number of aromatic nitrogens is 3. The molecule has 1 atom stereocenters. The molecule has 6 heteroatoms. The summed E-state index contributed by atoms with van der Waals surface area (Å²) in [5, 5.41) is 3.93. The lowest BCUT2D eigenvalue weighted by Crippen LogP contribution is -2.04. The van der Waals surface area contributed by atoms with E-state index in [1.165, 1.54) is 6.33 Å². The Bertz CT molecular complexity index is 523. The summed E-state index contributed by atoms with van der Waals surface area (Å²) in [6.45, 7) is 0. The van der Waals surface area contributed by atoms with E-state index in [0.717, 1.165) is 0 Å². The first kappa shape index (κ1) is 10.8. The van der Waals surface area contributed by atoms with E-state index in [9.17, 15) is 4.21 Å². The summed E-state index contributed by atoms with van der Waals surface area (Å²) in [6.07, 6.45) is 1.45. The Morgan fingerprint density at radius 2 is 2.31 bits per heavy atom. The second-order valence-corrected chi connectivity index (χ2v) is 4.81. The van der Waals surface area contributed by atoms with E-state index in [0.29, 0.717) is 22.2 Å². The number of anilines is 1. The summed E-state index contributed by atoms with van der Waals surface area (Å²) in [4.78, 5) is 4.74. The highest BCUT2D eigenvalue weighted by Gasteiger charge is 2.09. The fourth-order valence-corrected chi connectivity index (χ4v) is 2.47. The second kappa shape index (κ2) is 4.44. The van der Waals surface area contributed by atoms with E-state index in [1.807, 2.05) is 0 Å². The third-order valence-electron chi connectivity index (χ3n) is 2.19. The average molecular weight is 236 g/mol. The van der Waals surface area contributed by atoms with E-state index >= 15 is 0 Å². The second-order valence-electron chi connectivity index (χ2n) is 3.36.